The van der Waals surface area contributed by atoms with Crippen LogP contribution in [0.25, 0.3) is 133 Å². The van der Waals surface area contributed by atoms with E-state index in [0.717, 1.165) is 105 Å². The van der Waals surface area contributed by atoms with Gasteiger partial charge in [0.15, 0.2) is 11.6 Å². The van der Waals surface area contributed by atoms with Crippen LogP contribution < -0.4 is 0 Å². The van der Waals surface area contributed by atoms with Gasteiger partial charge in [-0.25, -0.2) is 4.98 Å². The molecular weight excluding hydrogens is 787 g/mol. The Kier molecular flexibility index (Phi) is 7.27. The van der Waals surface area contributed by atoms with Crippen molar-refractivity contribution in [2.24, 2.45) is 0 Å². The van der Waals surface area contributed by atoms with Crippen LogP contribution in [0.1, 0.15) is 0 Å². The van der Waals surface area contributed by atoms with E-state index < -0.39 is 0 Å². The van der Waals surface area contributed by atoms with Crippen LogP contribution in [0.15, 0.2) is 209 Å². The second kappa shape index (κ2) is 13.3. The van der Waals surface area contributed by atoms with Crippen molar-refractivity contribution in [1.82, 2.24) is 24.1 Å². The van der Waals surface area contributed by atoms with Crippen LogP contribution in [0, 0.1) is 0 Å². The third kappa shape index (κ3) is 5.12. The summed E-state index contributed by atoms with van der Waals surface area (Å²) in [4.78, 5) is 16.0. The molecule has 14 aromatic rings. The number of hydrogen-bond acceptors (Lipinski definition) is 5. The summed E-state index contributed by atoms with van der Waals surface area (Å²) in [6.07, 6.45) is 0. The predicted molar refractivity (Wildman–Crippen MR) is 259 cm³/mol. The van der Waals surface area contributed by atoms with Crippen LogP contribution in [-0.4, -0.2) is 24.1 Å². The number of para-hydroxylation sites is 4. The van der Waals surface area contributed by atoms with Gasteiger partial charge in [-0.15, -0.1) is 0 Å². The number of benzene rings is 9. The molecule has 0 saturated heterocycles. The normalized spacial score (nSPS) is 12.1. The van der Waals surface area contributed by atoms with E-state index in [4.69, 9.17) is 23.8 Å². The largest absolute Gasteiger partial charge is 0.456 e. The fraction of sp³-hybridized carbons (Fsp3) is 0. The van der Waals surface area contributed by atoms with Crippen molar-refractivity contribution in [3.63, 3.8) is 0 Å². The molecule has 5 aromatic heterocycles. The molecule has 0 spiro atoms. The molecule has 9 aromatic carbocycles. The minimum atomic E-state index is 0.508. The van der Waals surface area contributed by atoms with Gasteiger partial charge in [-0.3, -0.25) is 4.57 Å². The highest BCUT2D eigenvalue weighted by Crippen LogP contribution is 2.41. The van der Waals surface area contributed by atoms with Gasteiger partial charge in [0.2, 0.25) is 5.95 Å². The summed E-state index contributed by atoms with van der Waals surface area (Å²) >= 11 is 0. The number of nitrogens with zero attached hydrogens (tertiary/aromatic N) is 5. The summed E-state index contributed by atoms with van der Waals surface area (Å²) in [5.41, 5.74) is 12.4. The van der Waals surface area contributed by atoms with Crippen LogP contribution >= 0.6 is 0 Å². The number of aromatic nitrogens is 5. The monoisotopic (exact) mass is 819 g/mol. The lowest BCUT2D eigenvalue weighted by Gasteiger charge is -2.12. The zero-order valence-electron chi connectivity index (χ0n) is 34.1. The van der Waals surface area contributed by atoms with Gasteiger partial charge in [0.25, 0.3) is 0 Å². The fourth-order valence-electron chi connectivity index (χ4n) is 9.91. The van der Waals surface area contributed by atoms with E-state index in [1.807, 2.05) is 36.4 Å². The fourth-order valence-corrected chi connectivity index (χ4v) is 9.91. The van der Waals surface area contributed by atoms with Gasteiger partial charge in [0.05, 0.1) is 22.1 Å². The number of furan rings is 2. The summed E-state index contributed by atoms with van der Waals surface area (Å²) < 4.78 is 17.5. The van der Waals surface area contributed by atoms with Gasteiger partial charge in [0.1, 0.15) is 22.3 Å². The van der Waals surface area contributed by atoms with Gasteiger partial charge >= 0.3 is 0 Å². The first-order valence-corrected chi connectivity index (χ1v) is 21.4. The summed E-state index contributed by atoms with van der Waals surface area (Å²) in [5, 5.41) is 8.83. The molecule has 0 bridgehead atoms. The van der Waals surface area contributed by atoms with Crippen molar-refractivity contribution < 1.29 is 8.83 Å². The van der Waals surface area contributed by atoms with E-state index in [-0.39, 0.29) is 0 Å². The third-order valence-corrected chi connectivity index (χ3v) is 12.8. The molecule has 0 saturated carbocycles. The lowest BCUT2D eigenvalue weighted by atomic mass is 9.99. The Morgan fingerprint density at radius 3 is 1.59 bits per heavy atom. The molecular formula is C57H33N5O2. The first-order chi connectivity index (χ1) is 31.7. The predicted octanol–water partition coefficient (Wildman–Crippen LogP) is 14.9. The smallest absolute Gasteiger partial charge is 0.238 e. The molecule has 0 aliphatic rings. The lowest BCUT2D eigenvalue weighted by molar-refractivity contribution is 0.668. The Bertz CT molecular complexity index is 4200. The number of rotatable bonds is 5. The molecule has 0 aliphatic carbocycles. The zero-order valence-corrected chi connectivity index (χ0v) is 34.1. The Hall–Kier alpha value is -8.81. The standard InChI is InChI=1S/C57H33N5O2/c1-3-14-34(15-4-1)38-21-13-25-51-54(38)43-29-27-36(31-53(43)64-51)56-58-55(35-26-28-42-41-20-9-12-24-50(41)63-52(42)30-35)59-57(60-56)62-47-23-11-8-19-40(47)45-32-44-39-18-7-10-22-46(39)61(48(44)33-49(45)62)37-16-5-2-6-17-37/h1-33H. The van der Waals surface area contributed by atoms with Gasteiger partial charge in [0, 0.05) is 59.9 Å². The minimum Gasteiger partial charge on any atom is -0.456 e. The van der Waals surface area contributed by atoms with Crippen molar-refractivity contribution in [1.29, 1.82) is 0 Å². The molecule has 64 heavy (non-hydrogen) atoms. The Balaban J connectivity index is 1.04. The van der Waals surface area contributed by atoms with Crippen LogP contribution in [0.4, 0.5) is 0 Å². The maximum absolute atomic E-state index is 6.61. The third-order valence-electron chi connectivity index (χ3n) is 12.8. The molecule has 298 valence electrons. The Labute approximate surface area is 364 Å². The highest BCUT2D eigenvalue weighted by Gasteiger charge is 2.22. The van der Waals surface area contributed by atoms with E-state index in [2.05, 4.69) is 173 Å². The summed E-state index contributed by atoms with van der Waals surface area (Å²) in [6.45, 7) is 0. The second-order valence-corrected chi connectivity index (χ2v) is 16.4. The molecule has 0 unspecified atom stereocenters. The average molecular weight is 820 g/mol. The molecule has 0 radical (unpaired) electrons. The minimum absolute atomic E-state index is 0.508. The van der Waals surface area contributed by atoms with E-state index in [1.54, 1.807) is 0 Å². The van der Waals surface area contributed by atoms with E-state index >= 15 is 0 Å². The molecule has 5 heterocycles. The lowest BCUT2D eigenvalue weighted by Crippen LogP contribution is -2.06. The van der Waals surface area contributed by atoms with Crippen molar-refractivity contribution in [2.45, 2.75) is 0 Å². The van der Waals surface area contributed by atoms with Gasteiger partial charge < -0.3 is 13.4 Å². The molecule has 7 heteroatoms. The molecule has 7 nitrogen and oxygen atoms in total. The zero-order chi connectivity index (χ0) is 41.9. The first kappa shape index (κ1) is 34.9. The van der Waals surface area contributed by atoms with Gasteiger partial charge in [-0.2, -0.15) is 9.97 Å². The van der Waals surface area contributed by atoms with E-state index in [9.17, 15) is 0 Å². The van der Waals surface area contributed by atoms with Crippen LogP contribution in [0.3, 0.4) is 0 Å². The summed E-state index contributed by atoms with van der Waals surface area (Å²) in [6, 6.07) is 69.7. The van der Waals surface area contributed by atoms with Crippen molar-refractivity contribution in [2.75, 3.05) is 0 Å². The van der Waals surface area contributed by atoms with Gasteiger partial charge in [-0.05, 0) is 83.9 Å². The molecule has 0 amide bonds. The number of fused-ring (bicyclic) bond motifs is 12. The van der Waals surface area contributed by atoms with E-state index in [1.165, 1.54) is 10.8 Å². The number of hydrogen-bond donors (Lipinski definition) is 0. The SMILES string of the molecule is c1ccc(-c2cccc3oc4cc(-c5nc(-c6ccc7c(c6)oc6ccccc67)nc(-n6c7ccccc7c7cc8c9ccccc9n(-c9ccccc9)c8cc76)n5)ccc4c23)cc1. The Morgan fingerprint density at radius 2 is 0.859 bits per heavy atom. The summed E-state index contributed by atoms with van der Waals surface area (Å²) in [7, 11) is 0. The quantitative estimate of drug-likeness (QED) is 0.173. The molecule has 0 atom stereocenters. The van der Waals surface area contributed by atoms with Crippen LogP contribution in [-0.2, 0) is 0 Å². The maximum atomic E-state index is 6.61. The molecule has 14 rings (SSSR count). The first-order valence-electron chi connectivity index (χ1n) is 21.4. The Morgan fingerprint density at radius 1 is 0.312 bits per heavy atom. The maximum Gasteiger partial charge on any atom is 0.238 e. The van der Waals surface area contributed by atoms with E-state index in [0.29, 0.717) is 17.6 Å². The highest BCUT2D eigenvalue weighted by atomic mass is 16.3. The van der Waals surface area contributed by atoms with Crippen molar-refractivity contribution in [3.8, 4) is 45.5 Å². The summed E-state index contributed by atoms with van der Waals surface area (Å²) in [5.74, 6) is 1.57. The van der Waals surface area contributed by atoms with Crippen molar-refractivity contribution in [3.05, 3.63) is 200 Å². The van der Waals surface area contributed by atoms with Crippen molar-refractivity contribution >= 4 is 87.5 Å². The topological polar surface area (TPSA) is 74.8 Å². The second-order valence-electron chi connectivity index (χ2n) is 16.4. The molecule has 0 N–H and O–H groups in total. The highest BCUT2D eigenvalue weighted by molar-refractivity contribution is 6.19. The molecule has 0 aliphatic heterocycles. The van der Waals surface area contributed by atoms with Crippen LogP contribution in [0.2, 0.25) is 0 Å². The average Bonchev–Trinajstić information content (AvgIpc) is 4.10. The van der Waals surface area contributed by atoms with Crippen LogP contribution in [0.5, 0.6) is 0 Å². The van der Waals surface area contributed by atoms with Gasteiger partial charge in [-0.1, -0.05) is 127 Å². The molecule has 0 fully saturated rings.